The Bertz CT molecular complexity index is 1300. The number of alkyl halides is 3. The molecular formula is C22H19BrF5N7. The first kappa shape index (κ1) is 26.0. The summed E-state index contributed by atoms with van der Waals surface area (Å²) in [5.41, 5.74) is 13.0. The van der Waals surface area contributed by atoms with Crippen LogP contribution in [0.2, 0.25) is 0 Å². The molecule has 2 aromatic heterocycles. The fourth-order valence-electron chi connectivity index (χ4n) is 3.40. The van der Waals surface area contributed by atoms with E-state index in [4.69, 9.17) is 16.9 Å². The number of aliphatic imine (C=N–C) groups is 1. The molecule has 0 amide bonds. The van der Waals surface area contributed by atoms with Crippen molar-refractivity contribution in [3.63, 3.8) is 0 Å². The molecule has 1 aromatic carbocycles. The lowest BCUT2D eigenvalue weighted by atomic mass is 9.93. The predicted octanol–water partition coefficient (Wildman–Crippen LogP) is 5.55. The normalized spacial score (nSPS) is 13.4. The van der Waals surface area contributed by atoms with Gasteiger partial charge in [0.1, 0.15) is 11.7 Å². The highest BCUT2D eigenvalue weighted by molar-refractivity contribution is 9.10. The zero-order chi connectivity index (χ0) is 25.9. The highest BCUT2D eigenvalue weighted by Crippen LogP contribution is 2.40. The fourth-order valence-corrected chi connectivity index (χ4v) is 4.20. The lowest BCUT2D eigenvalue weighted by Gasteiger charge is -2.15. The quantitative estimate of drug-likeness (QED) is 0.173. The molecule has 0 aliphatic carbocycles. The maximum absolute atomic E-state index is 14.0. The highest BCUT2D eigenvalue weighted by Gasteiger charge is 2.34. The van der Waals surface area contributed by atoms with Gasteiger partial charge in [-0.25, -0.2) is 18.7 Å². The van der Waals surface area contributed by atoms with E-state index in [0.717, 1.165) is 18.5 Å². The van der Waals surface area contributed by atoms with E-state index in [9.17, 15) is 22.0 Å². The summed E-state index contributed by atoms with van der Waals surface area (Å²) in [5.74, 6) is -3.74. The predicted molar refractivity (Wildman–Crippen MR) is 125 cm³/mol. The van der Waals surface area contributed by atoms with Crippen LogP contribution < -0.4 is 11.5 Å². The molecule has 1 unspecified atom stereocenters. The molecule has 1 atom stereocenters. The summed E-state index contributed by atoms with van der Waals surface area (Å²) >= 11 is 3.44. The molecule has 0 spiro atoms. The summed E-state index contributed by atoms with van der Waals surface area (Å²) in [6.07, 6.45) is 0.311. The minimum absolute atomic E-state index is 0.0989. The molecule has 0 aliphatic rings. The summed E-state index contributed by atoms with van der Waals surface area (Å²) in [4.78, 5) is 13.8. The van der Waals surface area contributed by atoms with E-state index in [1.54, 1.807) is 0 Å². The molecule has 0 saturated carbocycles. The van der Waals surface area contributed by atoms with Crippen LogP contribution in [0.15, 0.2) is 51.8 Å². The largest absolute Gasteiger partial charge is 0.451 e. The van der Waals surface area contributed by atoms with Gasteiger partial charge in [-0.05, 0) is 46.3 Å². The Morgan fingerprint density at radius 1 is 1.26 bits per heavy atom. The van der Waals surface area contributed by atoms with Crippen LogP contribution in [0.5, 0.6) is 0 Å². The number of allylic oxidation sites excluding steroid dienone is 1. The molecule has 2 heterocycles. The molecule has 0 saturated heterocycles. The van der Waals surface area contributed by atoms with Crippen molar-refractivity contribution in [3.8, 4) is 11.1 Å². The number of rotatable bonds is 7. The number of hydrogen-bond acceptors (Lipinski definition) is 5. The summed E-state index contributed by atoms with van der Waals surface area (Å²) in [6, 6.07) is 2.95. The van der Waals surface area contributed by atoms with Crippen LogP contribution in [0, 0.1) is 17.0 Å². The van der Waals surface area contributed by atoms with E-state index < -0.39 is 29.6 Å². The number of aromatic nitrogens is 3. The standard InChI is InChI=1S/C22H19BrF5N7/c1-2-13(10(6-29)7-32-15-4-3-12(24)5-14(15)25)18-17(23)16(19(35-18)20(30)31)11-8-33-21(34-9-11)22(26,27)28/h3-9,13,35H,2,29H2,1H3,(H3,30,31). The number of nitrogens with one attached hydrogen (secondary N) is 2. The number of nitrogen functional groups attached to an aromatic ring is 1. The molecule has 0 bridgehead atoms. The van der Waals surface area contributed by atoms with Crippen molar-refractivity contribution in [2.75, 3.05) is 0 Å². The van der Waals surface area contributed by atoms with Crippen molar-refractivity contribution in [1.29, 1.82) is 5.41 Å². The number of nitrogens with two attached hydrogens (primary N) is 2. The van der Waals surface area contributed by atoms with Gasteiger partial charge in [0.2, 0.25) is 5.82 Å². The van der Waals surface area contributed by atoms with Crippen molar-refractivity contribution >= 4 is 33.7 Å². The van der Waals surface area contributed by atoms with E-state index in [1.807, 2.05) is 6.92 Å². The Morgan fingerprint density at radius 3 is 2.43 bits per heavy atom. The first-order valence-electron chi connectivity index (χ1n) is 10.0. The van der Waals surface area contributed by atoms with E-state index in [0.29, 0.717) is 28.2 Å². The SMILES string of the molecule is CCC(C(C=Nc1ccc(F)cc1F)=CN)c1[nH]c(C(=N)N)c(-c2cnc(C(F)(F)F)nc2)c1Br. The zero-order valence-corrected chi connectivity index (χ0v) is 19.7. The molecule has 184 valence electrons. The second-order valence-corrected chi connectivity index (χ2v) is 8.08. The number of H-pyrrole nitrogens is 1. The number of benzene rings is 1. The molecule has 0 radical (unpaired) electrons. The fraction of sp³-hybridized carbons (Fsp3) is 0.182. The summed E-state index contributed by atoms with van der Waals surface area (Å²) in [6.45, 7) is 1.84. The van der Waals surface area contributed by atoms with Gasteiger partial charge in [-0.1, -0.05) is 6.92 Å². The van der Waals surface area contributed by atoms with E-state index in [-0.39, 0.29) is 28.3 Å². The van der Waals surface area contributed by atoms with Crippen LogP contribution in [-0.2, 0) is 6.18 Å². The van der Waals surface area contributed by atoms with Crippen LogP contribution in [0.25, 0.3) is 11.1 Å². The van der Waals surface area contributed by atoms with Crippen molar-refractivity contribution in [1.82, 2.24) is 15.0 Å². The van der Waals surface area contributed by atoms with Crippen molar-refractivity contribution < 1.29 is 22.0 Å². The van der Waals surface area contributed by atoms with Gasteiger partial charge < -0.3 is 16.5 Å². The molecule has 3 rings (SSSR count). The maximum atomic E-state index is 14.0. The van der Waals surface area contributed by atoms with E-state index in [1.165, 1.54) is 18.5 Å². The van der Waals surface area contributed by atoms with Gasteiger partial charge in [0.05, 0.1) is 11.4 Å². The van der Waals surface area contributed by atoms with Gasteiger partial charge in [-0.3, -0.25) is 10.4 Å². The van der Waals surface area contributed by atoms with Gasteiger partial charge in [-0.15, -0.1) is 0 Å². The van der Waals surface area contributed by atoms with Gasteiger partial charge in [0, 0.05) is 51.9 Å². The Morgan fingerprint density at radius 2 is 1.91 bits per heavy atom. The lowest BCUT2D eigenvalue weighted by molar-refractivity contribution is -0.144. The third kappa shape index (κ3) is 5.56. The van der Waals surface area contributed by atoms with E-state index >= 15 is 0 Å². The summed E-state index contributed by atoms with van der Waals surface area (Å²) in [7, 11) is 0. The summed E-state index contributed by atoms with van der Waals surface area (Å²) < 4.78 is 66.1. The minimum atomic E-state index is -4.71. The molecule has 3 aromatic rings. The third-order valence-corrected chi connectivity index (χ3v) is 5.87. The van der Waals surface area contributed by atoms with Crippen LogP contribution in [-0.4, -0.2) is 27.0 Å². The van der Waals surface area contributed by atoms with Crippen molar-refractivity contribution in [2.45, 2.75) is 25.4 Å². The smallest absolute Gasteiger partial charge is 0.404 e. The molecular weight excluding hydrogens is 537 g/mol. The average Bonchev–Trinajstić information content (AvgIpc) is 3.14. The third-order valence-electron chi connectivity index (χ3n) is 5.04. The molecule has 13 heteroatoms. The monoisotopic (exact) mass is 555 g/mol. The topological polar surface area (TPSA) is 130 Å². The maximum Gasteiger partial charge on any atom is 0.451 e. The van der Waals surface area contributed by atoms with Gasteiger partial charge >= 0.3 is 6.18 Å². The molecule has 6 N–H and O–H groups in total. The van der Waals surface area contributed by atoms with Crippen LogP contribution in [0.1, 0.15) is 36.5 Å². The average molecular weight is 556 g/mol. The first-order chi connectivity index (χ1) is 16.5. The van der Waals surface area contributed by atoms with Gasteiger partial charge in [-0.2, -0.15) is 13.2 Å². The number of halogens is 6. The Labute approximate surface area is 204 Å². The van der Waals surface area contributed by atoms with Gasteiger partial charge in [0.15, 0.2) is 5.82 Å². The lowest BCUT2D eigenvalue weighted by Crippen LogP contribution is -2.14. The first-order valence-corrected chi connectivity index (χ1v) is 10.8. The number of amidine groups is 1. The van der Waals surface area contributed by atoms with Crippen molar-refractivity contribution in [3.05, 3.63) is 75.7 Å². The Balaban J connectivity index is 2.05. The molecule has 0 fully saturated rings. The molecule has 7 nitrogen and oxygen atoms in total. The van der Waals surface area contributed by atoms with Crippen LogP contribution >= 0.6 is 15.9 Å². The summed E-state index contributed by atoms with van der Waals surface area (Å²) in [5, 5.41) is 7.93. The minimum Gasteiger partial charge on any atom is -0.404 e. The molecule has 35 heavy (non-hydrogen) atoms. The van der Waals surface area contributed by atoms with Crippen LogP contribution in [0.3, 0.4) is 0 Å². The Hall–Kier alpha value is -3.61. The Kier molecular flexibility index (Phi) is 7.68. The number of nitrogens with zero attached hydrogens (tertiary/aromatic N) is 3. The number of hydrogen-bond donors (Lipinski definition) is 4. The van der Waals surface area contributed by atoms with E-state index in [2.05, 4.69) is 35.9 Å². The van der Waals surface area contributed by atoms with Gasteiger partial charge in [0.25, 0.3) is 0 Å². The van der Waals surface area contributed by atoms with Crippen molar-refractivity contribution in [2.24, 2.45) is 16.5 Å². The molecule has 0 aliphatic heterocycles. The number of aromatic amines is 1. The highest BCUT2D eigenvalue weighted by atomic mass is 79.9. The second-order valence-electron chi connectivity index (χ2n) is 7.29. The second kappa shape index (κ2) is 10.3. The van der Waals surface area contributed by atoms with Crippen LogP contribution in [0.4, 0.5) is 27.6 Å². The zero-order valence-electron chi connectivity index (χ0n) is 18.1.